The van der Waals surface area contributed by atoms with E-state index in [0.717, 1.165) is 14.7 Å². The maximum absolute atomic E-state index is 10.7. The lowest BCUT2D eigenvalue weighted by atomic mass is 10.1. The van der Waals surface area contributed by atoms with Crippen molar-refractivity contribution in [2.24, 2.45) is 0 Å². The van der Waals surface area contributed by atoms with Gasteiger partial charge in [-0.15, -0.1) is 0 Å². The molecule has 0 aliphatic heterocycles. The molecule has 12 heavy (non-hydrogen) atoms. The fraction of sp³-hybridized carbons (Fsp3) is 0.250. The summed E-state index contributed by atoms with van der Waals surface area (Å²) >= 11 is 2.20. The predicted molar refractivity (Wildman–Crippen MR) is 54.4 cm³/mol. The maximum atomic E-state index is 10.7. The third-order valence-corrected chi connectivity index (χ3v) is 2.90. The minimum atomic E-state index is -0.855. The molecule has 4 heteroatoms. The quantitative estimate of drug-likeness (QED) is 0.601. The molecule has 1 aromatic rings. The molecule has 0 saturated heterocycles. The molecular formula is C8H10INO2. The van der Waals surface area contributed by atoms with Crippen LogP contribution in [0.3, 0.4) is 0 Å². The van der Waals surface area contributed by atoms with E-state index in [0.29, 0.717) is 5.69 Å². The van der Waals surface area contributed by atoms with Crippen LogP contribution in [0.5, 0.6) is 0 Å². The van der Waals surface area contributed by atoms with Gasteiger partial charge in [0.25, 0.3) is 0 Å². The Kier molecular flexibility index (Phi) is 3.05. The molecule has 0 bridgehead atoms. The summed E-state index contributed by atoms with van der Waals surface area (Å²) in [6.45, 7) is 3.72. The van der Waals surface area contributed by atoms with Crippen molar-refractivity contribution < 1.29 is 10.4 Å². The minimum Gasteiger partial charge on any atom is -0.595 e. The number of aryl methyl sites for hydroxylation is 2. The molecule has 0 aliphatic carbocycles. The van der Waals surface area contributed by atoms with Gasteiger partial charge in [0.2, 0.25) is 0 Å². The molecule has 1 unspecified atom stereocenters. The summed E-state index contributed by atoms with van der Waals surface area (Å²) in [6, 6.07) is 3.60. The van der Waals surface area contributed by atoms with Gasteiger partial charge in [-0.25, -0.2) is 5.21 Å². The second-order valence-electron chi connectivity index (χ2n) is 2.72. The zero-order valence-electron chi connectivity index (χ0n) is 6.89. The van der Waals surface area contributed by atoms with E-state index >= 15 is 0 Å². The van der Waals surface area contributed by atoms with Crippen LogP contribution in [-0.2, 0) is 0 Å². The Morgan fingerprint density at radius 1 is 1.33 bits per heavy atom. The first-order valence-corrected chi connectivity index (χ1v) is 4.60. The van der Waals surface area contributed by atoms with Crippen LogP contribution in [0, 0.1) is 22.6 Å². The van der Waals surface area contributed by atoms with Crippen LogP contribution in [0.2, 0.25) is 0 Å². The van der Waals surface area contributed by atoms with Gasteiger partial charge in [-0.3, -0.25) is 0 Å². The van der Waals surface area contributed by atoms with Gasteiger partial charge in [0.05, 0.1) is 0 Å². The first-order chi connectivity index (χ1) is 5.52. The molecule has 0 radical (unpaired) electrons. The standard InChI is InChI=1S/C8H10INO2/c1-5-4-8(10(11)12)6(2)3-7(5)9/h3-4,10-11H,1-2H3. The van der Waals surface area contributed by atoms with Crippen molar-refractivity contribution in [3.63, 3.8) is 0 Å². The Morgan fingerprint density at radius 3 is 2.42 bits per heavy atom. The Balaban J connectivity index is 3.23. The average Bonchev–Trinajstić information content (AvgIpc) is 1.96. The van der Waals surface area contributed by atoms with Crippen molar-refractivity contribution in [3.8, 4) is 0 Å². The third-order valence-electron chi connectivity index (χ3n) is 1.74. The van der Waals surface area contributed by atoms with Crippen molar-refractivity contribution >= 4 is 28.3 Å². The fourth-order valence-electron chi connectivity index (χ4n) is 1.01. The second-order valence-corrected chi connectivity index (χ2v) is 3.88. The van der Waals surface area contributed by atoms with Gasteiger partial charge < -0.3 is 5.21 Å². The monoisotopic (exact) mass is 279 g/mol. The van der Waals surface area contributed by atoms with E-state index in [2.05, 4.69) is 22.6 Å². The molecule has 1 rings (SSSR count). The lowest BCUT2D eigenvalue weighted by Gasteiger charge is -2.15. The van der Waals surface area contributed by atoms with Gasteiger partial charge in [-0.1, -0.05) is 0 Å². The van der Waals surface area contributed by atoms with Gasteiger partial charge >= 0.3 is 0 Å². The summed E-state index contributed by atoms with van der Waals surface area (Å²) < 4.78 is 1.11. The molecule has 0 aromatic heterocycles. The molecule has 66 valence electrons. The highest BCUT2D eigenvalue weighted by Gasteiger charge is 2.07. The minimum absolute atomic E-state index is 0.396. The van der Waals surface area contributed by atoms with Crippen molar-refractivity contribution in [3.05, 3.63) is 32.0 Å². The molecule has 1 aromatic carbocycles. The Hall–Kier alpha value is -0.170. The van der Waals surface area contributed by atoms with Crippen LogP contribution in [0.15, 0.2) is 12.1 Å². The van der Waals surface area contributed by atoms with Crippen LogP contribution in [0.25, 0.3) is 0 Å². The highest BCUT2D eigenvalue weighted by molar-refractivity contribution is 14.1. The van der Waals surface area contributed by atoms with Crippen LogP contribution in [0.4, 0.5) is 5.69 Å². The topological polar surface area (TPSA) is 47.7 Å². The third kappa shape index (κ3) is 1.95. The molecule has 3 nitrogen and oxygen atoms in total. The number of rotatable bonds is 1. The molecule has 0 aliphatic rings. The summed E-state index contributed by atoms with van der Waals surface area (Å²) in [5.74, 6) is 0. The number of benzene rings is 1. The first kappa shape index (κ1) is 9.91. The number of quaternary nitrogens is 1. The molecule has 1 atom stereocenters. The highest BCUT2D eigenvalue weighted by atomic mass is 127. The van der Waals surface area contributed by atoms with Crippen LogP contribution < -0.4 is 5.23 Å². The fourth-order valence-corrected chi connectivity index (χ4v) is 1.63. The van der Waals surface area contributed by atoms with Gasteiger partial charge in [-0.05, 0) is 48.1 Å². The van der Waals surface area contributed by atoms with Crippen LogP contribution in [0.1, 0.15) is 11.1 Å². The van der Waals surface area contributed by atoms with Crippen molar-refractivity contribution in [2.75, 3.05) is 0 Å². The summed E-state index contributed by atoms with van der Waals surface area (Å²) in [6.07, 6.45) is 0. The Morgan fingerprint density at radius 2 is 1.92 bits per heavy atom. The van der Waals surface area contributed by atoms with Crippen molar-refractivity contribution in [1.29, 1.82) is 0 Å². The Labute approximate surface area is 84.7 Å². The first-order valence-electron chi connectivity index (χ1n) is 3.52. The van der Waals surface area contributed by atoms with Crippen molar-refractivity contribution in [2.45, 2.75) is 13.8 Å². The zero-order chi connectivity index (χ0) is 9.30. The lowest BCUT2D eigenvalue weighted by Crippen LogP contribution is -2.99. The van der Waals surface area contributed by atoms with E-state index in [1.54, 1.807) is 6.07 Å². The normalized spacial score (nSPS) is 13.1. The smallest absolute Gasteiger partial charge is 0.167 e. The number of hydrogen-bond donors (Lipinski definition) is 2. The molecule has 0 amide bonds. The van der Waals surface area contributed by atoms with Crippen molar-refractivity contribution in [1.82, 2.24) is 0 Å². The second kappa shape index (κ2) is 3.69. The van der Waals surface area contributed by atoms with Gasteiger partial charge in [-0.2, -0.15) is 5.23 Å². The maximum Gasteiger partial charge on any atom is 0.167 e. The lowest BCUT2D eigenvalue weighted by molar-refractivity contribution is -0.991. The average molecular weight is 279 g/mol. The van der Waals surface area contributed by atoms with Crippen LogP contribution >= 0.6 is 22.6 Å². The van der Waals surface area contributed by atoms with E-state index in [4.69, 9.17) is 5.21 Å². The van der Waals surface area contributed by atoms with E-state index in [1.807, 2.05) is 19.9 Å². The number of halogens is 1. The largest absolute Gasteiger partial charge is 0.595 e. The van der Waals surface area contributed by atoms with E-state index < -0.39 is 5.23 Å². The summed E-state index contributed by atoms with van der Waals surface area (Å²) in [5, 5.41) is 18.6. The molecular weight excluding hydrogens is 269 g/mol. The number of nitrogens with one attached hydrogen (secondary N) is 1. The summed E-state index contributed by atoms with van der Waals surface area (Å²) in [5.41, 5.74) is 2.23. The molecule has 0 heterocycles. The predicted octanol–water partition coefficient (Wildman–Crippen LogP) is 1.31. The summed E-state index contributed by atoms with van der Waals surface area (Å²) in [4.78, 5) is 0. The van der Waals surface area contributed by atoms with E-state index in [1.165, 1.54) is 0 Å². The zero-order valence-corrected chi connectivity index (χ0v) is 9.05. The van der Waals surface area contributed by atoms with Gasteiger partial charge in [0.15, 0.2) is 5.69 Å². The van der Waals surface area contributed by atoms with Gasteiger partial charge in [0.1, 0.15) is 0 Å². The highest BCUT2D eigenvalue weighted by Crippen LogP contribution is 2.18. The SMILES string of the molecule is Cc1cc([NH+]([O-])O)c(C)cc1I. The molecule has 2 N–H and O–H groups in total. The molecule has 0 saturated carbocycles. The van der Waals surface area contributed by atoms with Gasteiger partial charge in [0, 0.05) is 15.2 Å². The van der Waals surface area contributed by atoms with E-state index in [9.17, 15) is 5.21 Å². The van der Waals surface area contributed by atoms with Crippen LogP contribution in [-0.4, -0.2) is 5.21 Å². The molecule has 0 spiro atoms. The Bertz CT molecular complexity index is 299. The van der Waals surface area contributed by atoms with E-state index in [-0.39, 0.29) is 0 Å². The molecule has 0 fully saturated rings. The number of hydrogen-bond acceptors (Lipinski definition) is 2. The summed E-state index contributed by atoms with van der Waals surface area (Å²) in [7, 11) is 0.